The molecule has 5 nitrogen and oxygen atoms in total. The predicted octanol–water partition coefficient (Wildman–Crippen LogP) is 2.97. The number of nitrogens with zero attached hydrogens (tertiary/aromatic N) is 2. The molecule has 23 heavy (non-hydrogen) atoms. The predicted molar refractivity (Wildman–Crippen MR) is 95.2 cm³/mol. The number of nitrogens with two attached hydrogens (primary N) is 1. The van der Waals surface area contributed by atoms with Crippen molar-refractivity contribution in [3.63, 3.8) is 0 Å². The molecule has 3 N–H and O–H groups in total. The molecule has 0 fully saturated rings. The first kappa shape index (κ1) is 19.2. The summed E-state index contributed by atoms with van der Waals surface area (Å²) in [5, 5.41) is 0. The van der Waals surface area contributed by atoms with Crippen LogP contribution in [0.3, 0.4) is 0 Å². The number of imidazole rings is 1. The number of amides is 1. The van der Waals surface area contributed by atoms with Gasteiger partial charge in [0.05, 0.1) is 24.0 Å². The van der Waals surface area contributed by atoms with Crippen molar-refractivity contribution >= 4 is 18.3 Å². The van der Waals surface area contributed by atoms with E-state index in [4.69, 9.17) is 5.73 Å². The number of aromatic nitrogens is 2. The summed E-state index contributed by atoms with van der Waals surface area (Å²) in [4.78, 5) is 21.6. The summed E-state index contributed by atoms with van der Waals surface area (Å²) in [6.45, 7) is 4.23. The molecule has 126 valence electrons. The zero-order chi connectivity index (χ0) is 16.2. The first-order chi connectivity index (χ1) is 10.4. The average Bonchev–Trinajstić information content (AvgIpc) is 2.95. The van der Waals surface area contributed by atoms with Gasteiger partial charge in [-0.25, -0.2) is 4.98 Å². The van der Waals surface area contributed by atoms with Gasteiger partial charge in [0.15, 0.2) is 0 Å². The average molecular weight is 337 g/mol. The third-order valence-electron chi connectivity index (χ3n) is 3.70. The summed E-state index contributed by atoms with van der Waals surface area (Å²) in [5.74, 6) is 0.689. The van der Waals surface area contributed by atoms with Gasteiger partial charge in [0.2, 0.25) is 5.91 Å². The third-order valence-corrected chi connectivity index (χ3v) is 3.70. The molecule has 0 saturated carbocycles. The number of benzene rings is 1. The summed E-state index contributed by atoms with van der Waals surface area (Å²) in [7, 11) is 1.76. The standard InChI is InChI=1S/C17H24N4O.ClH/c1-4-10-17(2,18)16(22)21(3)12-15-19-11-14(20-15)13-8-6-5-7-9-13;/h5-9,11H,4,10,12,18H2,1-3H3,(H,19,20);1H. The molecule has 0 aliphatic heterocycles. The first-order valence-corrected chi connectivity index (χ1v) is 7.58. The van der Waals surface area contributed by atoms with Crippen LogP contribution in [0.2, 0.25) is 0 Å². The highest BCUT2D eigenvalue weighted by atomic mass is 35.5. The lowest BCUT2D eigenvalue weighted by molar-refractivity contribution is -0.136. The van der Waals surface area contributed by atoms with Crippen LogP contribution in [0.1, 0.15) is 32.5 Å². The van der Waals surface area contributed by atoms with Crippen LogP contribution in [0.15, 0.2) is 36.5 Å². The summed E-state index contributed by atoms with van der Waals surface area (Å²) in [5.41, 5.74) is 7.30. The fraction of sp³-hybridized carbons (Fsp3) is 0.412. The Labute approximate surface area is 143 Å². The van der Waals surface area contributed by atoms with Crippen molar-refractivity contribution in [3.8, 4) is 11.3 Å². The maximum atomic E-state index is 12.4. The topological polar surface area (TPSA) is 75.0 Å². The van der Waals surface area contributed by atoms with E-state index in [1.807, 2.05) is 37.3 Å². The van der Waals surface area contributed by atoms with E-state index < -0.39 is 5.54 Å². The van der Waals surface area contributed by atoms with Crippen molar-refractivity contribution in [2.24, 2.45) is 5.73 Å². The zero-order valence-corrected chi connectivity index (χ0v) is 14.7. The van der Waals surface area contributed by atoms with Gasteiger partial charge < -0.3 is 15.6 Å². The van der Waals surface area contributed by atoms with Gasteiger partial charge >= 0.3 is 0 Å². The quantitative estimate of drug-likeness (QED) is 0.851. The fourth-order valence-corrected chi connectivity index (χ4v) is 2.57. The lowest BCUT2D eigenvalue weighted by Gasteiger charge is -2.28. The molecule has 0 aliphatic carbocycles. The van der Waals surface area contributed by atoms with Crippen LogP contribution in [0.4, 0.5) is 0 Å². The minimum Gasteiger partial charge on any atom is -0.341 e. The SMILES string of the molecule is CCCC(C)(N)C(=O)N(C)Cc1ncc(-c2ccccc2)[nH]1.Cl. The summed E-state index contributed by atoms with van der Waals surface area (Å²) >= 11 is 0. The van der Waals surface area contributed by atoms with E-state index in [9.17, 15) is 4.79 Å². The number of nitrogens with one attached hydrogen (secondary N) is 1. The lowest BCUT2D eigenvalue weighted by Crippen LogP contribution is -2.51. The van der Waals surface area contributed by atoms with Crippen molar-refractivity contribution in [1.82, 2.24) is 14.9 Å². The molecule has 0 bridgehead atoms. The highest BCUT2D eigenvalue weighted by Crippen LogP contribution is 2.17. The molecule has 1 amide bonds. The van der Waals surface area contributed by atoms with Crippen molar-refractivity contribution in [1.29, 1.82) is 0 Å². The van der Waals surface area contributed by atoms with Gasteiger partial charge in [-0.3, -0.25) is 4.79 Å². The van der Waals surface area contributed by atoms with Crippen LogP contribution in [-0.2, 0) is 11.3 Å². The number of carbonyl (C=O) groups excluding carboxylic acids is 1. The molecular weight excluding hydrogens is 312 g/mol. The highest BCUT2D eigenvalue weighted by molar-refractivity contribution is 5.85. The van der Waals surface area contributed by atoms with Crippen LogP contribution >= 0.6 is 12.4 Å². The number of likely N-dealkylation sites (N-methyl/N-ethyl adjacent to an activating group) is 1. The molecule has 2 rings (SSSR count). The molecule has 1 aromatic carbocycles. The number of hydrogen-bond acceptors (Lipinski definition) is 3. The second-order valence-corrected chi connectivity index (χ2v) is 5.94. The largest absolute Gasteiger partial charge is 0.341 e. The first-order valence-electron chi connectivity index (χ1n) is 7.58. The molecule has 1 aromatic heterocycles. The minimum atomic E-state index is -0.821. The molecule has 0 aliphatic rings. The Morgan fingerprint density at radius 1 is 1.35 bits per heavy atom. The number of aromatic amines is 1. The molecular formula is C17H25ClN4O. The van der Waals surface area contributed by atoms with Crippen molar-refractivity contribution in [2.45, 2.75) is 38.8 Å². The Balaban J connectivity index is 0.00000264. The van der Waals surface area contributed by atoms with E-state index in [0.717, 1.165) is 23.5 Å². The second kappa shape index (κ2) is 8.13. The molecule has 1 unspecified atom stereocenters. The Hall–Kier alpha value is -1.85. The maximum absolute atomic E-state index is 12.4. The fourth-order valence-electron chi connectivity index (χ4n) is 2.57. The van der Waals surface area contributed by atoms with Gasteiger partial charge in [-0.05, 0) is 18.9 Å². The van der Waals surface area contributed by atoms with Crippen LogP contribution in [-0.4, -0.2) is 33.4 Å². The van der Waals surface area contributed by atoms with Gasteiger partial charge in [0.1, 0.15) is 5.82 Å². The molecule has 1 heterocycles. The summed E-state index contributed by atoms with van der Waals surface area (Å²) in [6.07, 6.45) is 3.34. The van der Waals surface area contributed by atoms with E-state index in [-0.39, 0.29) is 18.3 Å². The third kappa shape index (κ3) is 4.81. The van der Waals surface area contributed by atoms with E-state index in [2.05, 4.69) is 9.97 Å². The second-order valence-electron chi connectivity index (χ2n) is 5.94. The Morgan fingerprint density at radius 3 is 2.61 bits per heavy atom. The van der Waals surface area contributed by atoms with Gasteiger partial charge in [-0.1, -0.05) is 43.7 Å². The number of hydrogen-bond donors (Lipinski definition) is 2. The van der Waals surface area contributed by atoms with Crippen LogP contribution in [0.5, 0.6) is 0 Å². The van der Waals surface area contributed by atoms with E-state index in [1.165, 1.54) is 0 Å². The van der Waals surface area contributed by atoms with E-state index in [0.29, 0.717) is 13.0 Å². The monoisotopic (exact) mass is 336 g/mol. The van der Waals surface area contributed by atoms with Gasteiger partial charge in [0, 0.05) is 7.05 Å². The number of carbonyl (C=O) groups is 1. The molecule has 1 atom stereocenters. The van der Waals surface area contributed by atoms with Gasteiger partial charge in [0.25, 0.3) is 0 Å². The summed E-state index contributed by atoms with van der Waals surface area (Å²) < 4.78 is 0. The van der Waals surface area contributed by atoms with E-state index >= 15 is 0 Å². The van der Waals surface area contributed by atoms with Crippen LogP contribution in [0, 0.1) is 0 Å². The van der Waals surface area contributed by atoms with E-state index in [1.54, 1.807) is 25.1 Å². The number of rotatable bonds is 6. The molecule has 2 aromatic rings. The molecule has 0 radical (unpaired) electrons. The highest BCUT2D eigenvalue weighted by Gasteiger charge is 2.30. The normalized spacial score (nSPS) is 13.0. The Bertz CT molecular complexity index is 625. The molecule has 6 heteroatoms. The van der Waals surface area contributed by atoms with Crippen molar-refractivity contribution < 1.29 is 4.79 Å². The summed E-state index contributed by atoms with van der Waals surface area (Å²) in [6, 6.07) is 9.98. The minimum absolute atomic E-state index is 0. The van der Waals surface area contributed by atoms with Gasteiger partial charge in [-0.2, -0.15) is 0 Å². The Morgan fingerprint density at radius 2 is 2.00 bits per heavy atom. The molecule has 0 spiro atoms. The maximum Gasteiger partial charge on any atom is 0.242 e. The van der Waals surface area contributed by atoms with Crippen molar-refractivity contribution in [3.05, 3.63) is 42.4 Å². The number of H-pyrrole nitrogens is 1. The smallest absolute Gasteiger partial charge is 0.242 e. The number of halogens is 1. The lowest BCUT2D eigenvalue weighted by atomic mass is 9.96. The zero-order valence-electron chi connectivity index (χ0n) is 13.9. The Kier molecular flexibility index (Phi) is 6.79. The van der Waals surface area contributed by atoms with Crippen LogP contribution < -0.4 is 5.73 Å². The van der Waals surface area contributed by atoms with Crippen molar-refractivity contribution in [2.75, 3.05) is 7.05 Å². The van der Waals surface area contributed by atoms with Crippen LogP contribution in [0.25, 0.3) is 11.3 Å². The molecule has 0 saturated heterocycles. The van der Waals surface area contributed by atoms with Gasteiger partial charge in [-0.15, -0.1) is 12.4 Å².